The Labute approximate surface area is 114 Å². The predicted molar refractivity (Wildman–Crippen MR) is 75.5 cm³/mol. The van der Waals surface area contributed by atoms with Gasteiger partial charge in [0.2, 0.25) is 5.91 Å². The van der Waals surface area contributed by atoms with Crippen molar-refractivity contribution in [2.75, 3.05) is 6.54 Å². The van der Waals surface area contributed by atoms with Crippen molar-refractivity contribution >= 4 is 5.91 Å². The van der Waals surface area contributed by atoms with E-state index in [9.17, 15) is 4.79 Å². The zero-order valence-corrected chi connectivity index (χ0v) is 11.7. The Balaban J connectivity index is 2.55. The minimum atomic E-state index is -0.239. The lowest BCUT2D eigenvalue weighted by molar-refractivity contribution is -0.122. The van der Waals surface area contributed by atoms with Crippen LogP contribution >= 0.6 is 0 Å². The Hall–Kier alpha value is -1.86. The van der Waals surface area contributed by atoms with Crippen LogP contribution in [-0.2, 0) is 4.79 Å². The molecule has 1 aromatic rings. The highest BCUT2D eigenvalue weighted by atomic mass is 16.2. The van der Waals surface area contributed by atoms with E-state index in [1.165, 1.54) is 0 Å². The summed E-state index contributed by atoms with van der Waals surface area (Å²) in [6.07, 6.45) is 0.934. The highest BCUT2D eigenvalue weighted by Crippen LogP contribution is 2.13. The Morgan fingerprint density at radius 1 is 1.32 bits per heavy atom. The van der Waals surface area contributed by atoms with E-state index < -0.39 is 0 Å². The van der Waals surface area contributed by atoms with E-state index in [-0.39, 0.29) is 18.0 Å². The van der Waals surface area contributed by atoms with Crippen molar-refractivity contribution in [3.05, 3.63) is 35.4 Å². The van der Waals surface area contributed by atoms with Crippen LogP contribution < -0.4 is 10.6 Å². The number of benzene rings is 1. The first-order chi connectivity index (χ1) is 9.08. The zero-order chi connectivity index (χ0) is 14.3. The largest absolute Gasteiger partial charge is 0.355 e. The molecule has 0 aliphatic rings. The van der Waals surface area contributed by atoms with Crippen molar-refractivity contribution in [2.24, 2.45) is 0 Å². The topological polar surface area (TPSA) is 64.9 Å². The first-order valence-electron chi connectivity index (χ1n) is 6.62. The van der Waals surface area contributed by atoms with Gasteiger partial charge in [0.1, 0.15) is 0 Å². The number of carbonyl (C=O) groups excluding carboxylic acids is 1. The summed E-state index contributed by atoms with van der Waals surface area (Å²) in [5.41, 5.74) is 1.71. The van der Waals surface area contributed by atoms with Gasteiger partial charge in [-0.25, -0.2) is 0 Å². The van der Waals surface area contributed by atoms with Crippen LogP contribution in [-0.4, -0.2) is 18.5 Å². The third kappa shape index (κ3) is 4.72. The maximum atomic E-state index is 11.8. The number of hydrogen-bond donors (Lipinski definition) is 2. The molecule has 102 valence electrons. The second-order valence-electron chi connectivity index (χ2n) is 4.63. The van der Waals surface area contributed by atoms with Gasteiger partial charge in [0.05, 0.1) is 17.7 Å². The maximum Gasteiger partial charge on any atom is 0.236 e. The van der Waals surface area contributed by atoms with Gasteiger partial charge < -0.3 is 5.32 Å². The van der Waals surface area contributed by atoms with Crippen molar-refractivity contribution in [2.45, 2.75) is 39.3 Å². The molecule has 19 heavy (non-hydrogen) atoms. The predicted octanol–water partition coefficient (Wildman–Crippen LogP) is 2.12. The molecule has 4 heteroatoms. The fraction of sp³-hybridized carbons (Fsp3) is 0.467. The maximum absolute atomic E-state index is 11.8. The van der Waals surface area contributed by atoms with Gasteiger partial charge >= 0.3 is 0 Å². The first-order valence-corrected chi connectivity index (χ1v) is 6.62. The van der Waals surface area contributed by atoms with E-state index in [0.717, 1.165) is 12.0 Å². The third-order valence-electron chi connectivity index (χ3n) is 2.98. The molecule has 0 aliphatic heterocycles. The van der Waals surface area contributed by atoms with Crippen molar-refractivity contribution in [1.29, 1.82) is 5.26 Å². The average Bonchev–Trinajstić information content (AvgIpc) is 2.44. The Morgan fingerprint density at radius 3 is 2.47 bits per heavy atom. The van der Waals surface area contributed by atoms with Gasteiger partial charge in [0, 0.05) is 12.6 Å². The molecule has 0 aromatic heterocycles. The van der Waals surface area contributed by atoms with Crippen molar-refractivity contribution in [1.82, 2.24) is 10.6 Å². The van der Waals surface area contributed by atoms with Crippen LogP contribution in [0.1, 0.15) is 44.4 Å². The fourth-order valence-corrected chi connectivity index (χ4v) is 1.79. The quantitative estimate of drug-likeness (QED) is 0.822. The van der Waals surface area contributed by atoms with Gasteiger partial charge in [-0.2, -0.15) is 5.26 Å². The standard InChI is InChI=1S/C15H21N3O/c1-4-9-17-15(19)12(3)18-11(2)14-7-5-13(10-16)6-8-14/h5-8,11-12,18H,4,9H2,1-3H3,(H,17,19). The SMILES string of the molecule is CCCNC(=O)C(C)NC(C)c1ccc(C#N)cc1. The molecule has 1 aromatic carbocycles. The van der Waals surface area contributed by atoms with Gasteiger partial charge in [-0.3, -0.25) is 10.1 Å². The summed E-state index contributed by atoms with van der Waals surface area (Å²) in [7, 11) is 0. The molecule has 2 unspecified atom stereocenters. The molecule has 1 rings (SSSR count). The average molecular weight is 259 g/mol. The van der Waals surface area contributed by atoms with Crippen LogP contribution in [0.5, 0.6) is 0 Å². The van der Waals surface area contributed by atoms with E-state index in [1.54, 1.807) is 12.1 Å². The minimum absolute atomic E-state index is 0.0161. The number of carbonyl (C=O) groups is 1. The van der Waals surface area contributed by atoms with Gasteiger partial charge in [-0.15, -0.1) is 0 Å². The molecule has 2 atom stereocenters. The second-order valence-corrected chi connectivity index (χ2v) is 4.63. The normalized spacial score (nSPS) is 13.4. The summed E-state index contributed by atoms with van der Waals surface area (Å²) in [6, 6.07) is 9.31. The number of nitrogens with one attached hydrogen (secondary N) is 2. The van der Waals surface area contributed by atoms with Gasteiger partial charge in [-0.1, -0.05) is 19.1 Å². The Bertz CT molecular complexity index is 447. The molecule has 0 heterocycles. The molecule has 0 fully saturated rings. The number of nitriles is 1. The lowest BCUT2D eigenvalue weighted by Gasteiger charge is -2.20. The molecule has 4 nitrogen and oxygen atoms in total. The van der Waals surface area contributed by atoms with Gasteiger partial charge in [0.25, 0.3) is 0 Å². The summed E-state index contributed by atoms with van der Waals surface area (Å²) >= 11 is 0. The molecule has 0 saturated carbocycles. The third-order valence-corrected chi connectivity index (χ3v) is 2.98. The van der Waals surface area contributed by atoms with Gasteiger partial charge in [0.15, 0.2) is 0 Å². The number of nitrogens with zero attached hydrogens (tertiary/aromatic N) is 1. The van der Waals surface area contributed by atoms with Crippen LogP contribution in [0.3, 0.4) is 0 Å². The number of amides is 1. The molecule has 0 spiro atoms. The smallest absolute Gasteiger partial charge is 0.236 e. The van der Waals surface area contributed by atoms with Crippen molar-refractivity contribution in [3.63, 3.8) is 0 Å². The van der Waals surface area contributed by atoms with Gasteiger partial charge in [-0.05, 0) is 38.0 Å². The second kappa shape index (κ2) is 7.55. The molecule has 2 N–H and O–H groups in total. The number of rotatable bonds is 6. The van der Waals surface area contributed by atoms with Crippen molar-refractivity contribution in [3.8, 4) is 6.07 Å². The van der Waals surface area contributed by atoms with Crippen molar-refractivity contribution < 1.29 is 4.79 Å². The molecular formula is C15H21N3O. The van der Waals surface area contributed by atoms with E-state index in [0.29, 0.717) is 12.1 Å². The van der Waals surface area contributed by atoms with E-state index in [2.05, 4.69) is 16.7 Å². The summed E-state index contributed by atoms with van der Waals surface area (Å²) in [6.45, 7) is 6.59. The Kier molecular flexibility index (Phi) is 6.04. The molecule has 0 radical (unpaired) electrons. The lowest BCUT2D eigenvalue weighted by atomic mass is 10.1. The van der Waals surface area contributed by atoms with Crippen LogP contribution in [0.2, 0.25) is 0 Å². The summed E-state index contributed by atoms with van der Waals surface area (Å²) < 4.78 is 0. The minimum Gasteiger partial charge on any atom is -0.355 e. The number of hydrogen-bond acceptors (Lipinski definition) is 3. The van der Waals surface area contributed by atoms with Crippen LogP contribution in [0, 0.1) is 11.3 Å². The molecule has 0 aliphatic carbocycles. The molecule has 1 amide bonds. The highest BCUT2D eigenvalue weighted by Gasteiger charge is 2.15. The van der Waals surface area contributed by atoms with Crippen LogP contribution in [0.15, 0.2) is 24.3 Å². The van der Waals surface area contributed by atoms with Crippen LogP contribution in [0.4, 0.5) is 0 Å². The van der Waals surface area contributed by atoms with E-state index >= 15 is 0 Å². The lowest BCUT2D eigenvalue weighted by Crippen LogP contribution is -2.43. The fourth-order valence-electron chi connectivity index (χ4n) is 1.79. The molecular weight excluding hydrogens is 238 g/mol. The Morgan fingerprint density at radius 2 is 1.95 bits per heavy atom. The van der Waals surface area contributed by atoms with E-state index in [1.807, 2.05) is 32.9 Å². The van der Waals surface area contributed by atoms with Crippen LogP contribution in [0.25, 0.3) is 0 Å². The van der Waals surface area contributed by atoms with E-state index in [4.69, 9.17) is 5.26 Å². The zero-order valence-electron chi connectivity index (χ0n) is 11.7. The summed E-state index contributed by atoms with van der Waals surface area (Å²) in [5, 5.41) is 14.9. The summed E-state index contributed by atoms with van der Waals surface area (Å²) in [5.74, 6) is 0.0161. The molecule has 0 bridgehead atoms. The first kappa shape index (κ1) is 15.2. The summed E-state index contributed by atoms with van der Waals surface area (Å²) in [4.78, 5) is 11.8. The highest BCUT2D eigenvalue weighted by molar-refractivity contribution is 5.81. The molecule has 0 saturated heterocycles. The monoisotopic (exact) mass is 259 g/mol.